The highest BCUT2D eigenvalue weighted by Gasteiger charge is 2.31. The molecule has 7 nitrogen and oxygen atoms in total. The highest BCUT2D eigenvalue weighted by molar-refractivity contribution is 7.91. The van der Waals surface area contributed by atoms with Gasteiger partial charge in [0.25, 0.3) is 5.91 Å². The van der Waals surface area contributed by atoms with Crippen LogP contribution in [0.3, 0.4) is 0 Å². The number of halogens is 1. The molecule has 1 aromatic heterocycles. The fourth-order valence-electron chi connectivity index (χ4n) is 2.85. The summed E-state index contributed by atoms with van der Waals surface area (Å²) in [7, 11) is -1.23. The molecule has 1 aliphatic heterocycles. The SMILES string of the molecule is Cc1ccc(Cl)cc1NC(=O)c1cc(N(C)C2CCS(=O)(=O)C2)ncn1. The maximum Gasteiger partial charge on any atom is 0.274 e. The molecule has 138 valence electrons. The van der Waals surface area contributed by atoms with Crippen LogP contribution in [0.4, 0.5) is 11.5 Å². The van der Waals surface area contributed by atoms with Gasteiger partial charge in [-0.2, -0.15) is 0 Å². The summed E-state index contributed by atoms with van der Waals surface area (Å²) in [6.07, 6.45) is 1.85. The molecule has 1 fully saturated rings. The van der Waals surface area contributed by atoms with Gasteiger partial charge in [-0.25, -0.2) is 18.4 Å². The van der Waals surface area contributed by atoms with E-state index in [1.807, 2.05) is 13.0 Å². The molecular weight excluding hydrogens is 376 g/mol. The lowest BCUT2D eigenvalue weighted by Gasteiger charge is -2.24. The Kier molecular flexibility index (Phi) is 5.15. The minimum absolute atomic E-state index is 0.0940. The number of hydrogen-bond acceptors (Lipinski definition) is 6. The molecule has 0 aliphatic carbocycles. The third-order valence-corrected chi connectivity index (χ3v) is 6.44. The number of anilines is 2. The number of nitrogens with zero attached hydrogens (tertiary/aromatic N) is 3. The predicted octanol–water partition coefficient (Wildman–Crippen LogP) is 2.31. The summed E-state index contributed by atoms with van der Waals surface area (Å²) < 4.78 is 23.4. The fraction of sp³-hybridized carbons (Fsp3) is 0.353. The first-order chi connectivity index (χ1) is 12.2. The van der Waals surface area contributed by atoms with Crippen LogP contribution in [-0.2, 0) is 9.84 Å². The molecule has 9 heteroatoms. The van der Waals surface area contributed by atoms with Crippen LogP contribution in [0.1, 0.15) is 22.5 Å². The zero-order valence-corrected chi connectivity index (χ0v) is 16.0. The number of rotatable bonds is 4. The van der Waals surface area contributed by atoms with Gasteiger partial charge in [-0.15, -0.1) is 0 Å². The fourth-order valence-corrected chi connectivity index (χ4v) is 4.79. The summed E-state index contributed by atoms with van der Waals surface area (Å²) in [5, 5.41) is 3.31. The van der Waals surface area contributed by atoms with Gasteiger partial charge >= 0.3 is 0 Å². The van der Waals surface area contributed by atoms with Gasteiger partial charge in [-0.3, -0.25) is 4.79 Å². The summed E-state index contributed by atoms with van der Waals surface area (Å²) in [4.78, 5) is 22.5. The Balaban J connectivity index is 1.78. The number of carbonyl (C=O) groups is 1. The van der Waals surface area contributed by atoms with Crippen LogP contribution < -0.4 is 10.2 Å². The van der Waals surface area contributed by atoms with Crippen molar-refractivity contribution in [1.82, 2.24) is 9.97 Å². The van der Waals surface area contributed by atoms with Crippen LogP contribution in [0.25, 0.3) is 0 Å². The minimum atomic E-state index is -3.00. The van der Waals surface area contributed by atoms with E-state index in [0.717, 1.165) is 5.56 Å². The van der Waals surface area contributed by atoms with Gasteiger partial charge in [0, 0.05) is 29.9 Å². The first-order valence-corrected chi connectivity index (χ1v) is 10.3. The number of hydrogen-bond donors (Lipinski definition) is 1. The highest BCUT2D eigenvalue weighted by atomic mass is 35.5. The molecule has 0 radical (unpaired) electrons. The molecule has 1 N–H and O–H groups in total. The molecule has 0 spiro atoms. The summed E-state index contributed by atoms with van der Waals surface area (Å²) in [6.45, 7) is 1.87. The summed E-state index contributed by atoms with van der Waals surface area (Å²) in [5.41, 5.74) is 1.69. The molecule has 3 rings (SSSR count). The lowest BCUT2D eigenvalue weighted by Crippen LogP contribution is -2.33. The van der Waals surface area contributed by atoms with E-state index in [9.17, 15) is 13.2 Å². The Bertz CT molecular complexity index is 949. The van der Waals surface area contributed by atoms with Crippen molar-refractivity contribution in [3.05, 3.63) is 46.9 Å². The second kappa shape index (κ2) is 7.20. The highest BCUT2D eigenvalue weighted by Crippen LogP contribution is 2.23. The molecular formula is C17H19ClN4O3S. The van der Waals surface area contributed by atoms with E-state index in [1.54, 1.807) is 30.1 Å². The first-order valence-electron chi connectivity index (χ1n) is 8.08. The van der Waals surface area contributed by atoms with Crippen molar-refractivity contribution >= 4 is 38.9 Å². The van der Waals surface area contributed by atoms with Gasteiger partial charge in [0.1, 0.15) is 17.8 Å². The van der Waals surface area contributed by atoms with Crippen molar-refractivity contribution < 1.29 is 13.2 Å². The van der Waals surface area contributed by atoms with E-state index >= 15 is 0 Å². The molecule has 1 amide bonds. The number of amides is 1. The van der Waals surface area contributed by atoms with Gasteiger partial charge < -0.3 is 10.2 Å². The lowest BCUT2D eigenvalue weighted by atomic mass is 10.2. The largest absolute Gasteiger partial charge is 0.356 e. The summed E-state index contributed by atoms with van der Waals surface area (Å²) in [5.74, 6) is 0.395. The van der Waals surface area contributed by atoms with Crippen molar-refractivity contribution in [2.75, 3.05) is 28.8 Å². The Morgan fingerprint density at radius 2 is 2.08 bits per heavy atom. The monoisotopic (exact) mass is 394 g/mol. The second-order valence-electron chi connectivity index (χ2n) is 6.34. The molecule has 1 atom stereocenters. The van der Waals surface area contributed by atoms with Crippen molar-refractivity contribution in [2.24, 2.45) is 0 Å². The first kappa shape index (κ1) is 18.6. The topological polar surface area (TPSA) is 92.3 Å². The molecule has 2 heterocycles. The van der Waals surface area contributed by atoms with Gasteiger partial charge in [-0.05, 0) is 31.0 Å². The van der Waals surface area contributed by atoms with E-state index in [2.05, 4.69) is 15.3 Å². The zero-order valence-electron chi connectivity index (χ0n) is 14.4. The normalized spacial score (nSPS) is 18.5. The van der Waals surface area contributed by atoms with Crippen molar-refractivity contribution in [3.63, 3.8) is 0 Å². The molecule has 1 unspecified atom stereocenters. The summed E-state index contributed by atoms with van der Waals surface area (Å²) in [6, 6.07) is 6.64. The lowest BCUT2D eigenvalue weighted by molar-refractivity contribution is 0.102. The third-order valence-electron chi connectivity index (χ3n) is 4.45. The molecule has 1 aromatic carbocycles. The van der Waals surface area contributed by atoms with Gasteiger partial charge in [-0.1, -0.05) is 17.7 Å². The summed E-state index contributed by atoms with van der Waals surface area (Å²) >= 11 is 5.98. The van der Waals surface area contributed by atoms with E-state index < -0.39 is 9.84 Å². The number of benzene rings is 1. The standard InChI is InChI=1S/C17H19ClN4O3S/c1-11-3-4-12(18)7-14(11)21-17(23)15-8-16(20-10-19-15)22(2)13-5-6-26(24,25)9-13/h3-4,7-8,10,13H,5-6,9H2,1-2H3,(H,21,23). The number of sulfone groups is 1. The Labute approximate surface area is 157 Å². The van der Waals surface area contributed by atoms with E-state index in [0.29, 0.717) is 22.9 Å². The van der Waals surface area contributed by atoms with E-state index in [1.165, 1.54) is 6.33 Å². The number of nitrogens with one attached hydrogen (secondary N) is 1. The van der Waals surface area contributed by atoms with Crippen LogP contribution in [0.5, 0.6) is 0 Å². The van der Waals surface area contributed by atoms with E-state index in [-0.39, 0.29) is 29.1 Å². The number of carbonyl (C=O) groups excluding carboxylic acids is 1. The van der Waals surface area contributed by atoms with E-state index in [4.69, 9.17) is 11.6 Å². The molecule has 26 heavy (non-hydrogen) atoms. The van der Waals surface area contributed by atoms with Crippen LogP contribution in [-0.4, -0.2) is 48.9 Å². The van der Waals surface area contributed by atoms with Crippen LogP contribution in [0.15, 0.2) is 30.6 Å². The van der Waals surface area contributed by atoms with Crippen molar-refractivity contribution in [3.8, 4) is 0 Å². The average Bonchev–Trinajstić information content (AvgIpc) is 2.97. The third kappa shape index (κ3) is 4.13. The van der Waals surface area contributed by atoms with Crippen LogP contribution in [0.2, 0.25) is 5.02 Å². The maximum atomic E-state index is 12.5. The van der Waals surface area contributed by atoms with Crippen molar-refractivity contribution in [1.29, 1.82) is 0 Å². The quantitative estimate of drug-likeness (QED) is 0.855. The second-order valence-corrected chi connectivity index (χ2v) is 9.01. The van der Waals surface area contributed by atoms with Gasteiger partial charge in [0.05, 0.1) is 11.5 Å². The molecule has 2 aromatic rings. The predicted molar refractivity (Wildman–Crippen MR) is 102 cm³/mol. The van der Waals surface area contributed by atoms with Crippen LogP contribution in [0, 0.1) is 6.92 Å². The zero-order chi connectivity index (χ0) is 18.9. The minimum Gasteiger partial charge on any atom is -0.356 e. The van der Waals surface area contributed by atoms with Crippen molar-refractivity contribution in [2.45, 2.75) is 19.4 Å². The van der Waals surface area contributed by atoms with Crippen LogP contribution >= 0.6 is 11.6 Å². The average molecular weight is 395 g/mol. The smallest absolute Gasteiger partial charge is 0.274 e. The Hall–Kier alpha value is -2.19. The van der Waals surface area contributed by atoms with Gasteiger partial charge in [0.15, 0.2) is 9.84 Å². The number of aryl methyl sites for hydroxylation is 1. The number of aromatic nitrogens is 2. The molecule has 0 bridgehead atoms. The maximum absolute atomic E-state index is 12.5. The Morgan fingerprint density at radius 3 is 2.77 bits per heavy atom. The molecule has 1 aliphatic rings. The Morgan fingerprint density at radius 1 is 1.31 bits per heavy atom. The van der Waals surface area contributed by atoms with Gasteiger partial charge in [0.2, 0.25) is 0 Å². The molecule has 1 saturated heterocycles. The molecule has 0 saturated carbocycles.